The average molecular weight is 377 g/mol. The monoisotopic (exact) mass is 377 g/mol. The maximum absolute atomic E-state index is 13.2. The van der Waals surface area contributed by atoms with Crippen LogP contribution < -0.4 is 11.2 Å². The quantitative estimate of drug-likeness (QED) is 0.485. The van der Waals surface area contributed by atoms with Crippen LogP contribution in [0.3, 0.4) is 0 Å². The number of rotatable bonds is 6. The fourth-order valence-electron chi connectivity index (χ4n) is 3.84. The third kappa shape index (κ3) is 2.72. The molecule has 0 atom stereocenters. The summed E-state index contributed by atoms with van der Waals surface area (Å²) in [4.78, 5) is 40.5. The molecule has 28 heavy (non-hydrogen) atoms. The molecule has 0 saturated carbocycles. The van der Waals surface area contributed by atoms with Crippen LogP contribution in [0.2, 0.25) is 0 Å². The Morgan fingerprint density at radius 1 is 1.04 bits per heavy atom. The van der Waals surface area contributed by atoms with Gasteiger partial charge in [-0.15, -0.1) is 0 Å². The van der Waals surface area contributed by atoms with Crippen LogP contribution in [0.15, 0.2) is 46.0 Å². The molecule has 2 aromatic carbocycles. The van der Waals surface area contributed by atoms with E-state index in [2.05, 4.69) is 0 Å². The van der Waals surface area contributed by atoms with Gasteiger partial charge in [-0.3, -0.25) is 18.6 Å². The number of fused-ring (bicyclic) bond motifs is 3. The molecule has 0 aliphatic carbocycles. The molecular weight excluding hydrogens is 354 g/mol. The van der Waals surface area contributed by atoms with Gasteiger partial charge in [0.05, 0.1) is 16.4 Å². The fraction of sp³-hybridized carbons (Fsp3) is 0.318. The zero-order chi connectivity index (χ0) is 20.0. The van der Waals surface area contributed by atoms with Gasteiger partial charge < -0.3 is 4.90 Å². The van der Waals surface area contributed by atoms with Gasteiger partial charge in [-0.25, -0.2) is 4.79 Å². The molecule has 0 fully saturated rings. The van der Waals surface area contributed by atoms with Crippen LogP contribution in [0.1, 0.15) is 30.1 Å². The Morgan fingerprint density at radius 2 is 1.79 bits per heavy atom. The zero-order valence-corrected chi connectivity index (χ0v) is 16.4. The molecule has 0 N–H and O–H groups in total. The van der Waals surface area contributed by atoms with E-state index >= 15 is 0 Å². The molecule has 4 aromatic rings. The van der Waals surface area contributed by atoms with Gasteiger partial charge in [0.1, 0.15) is 0 Å². The zero-order valence-electron chi connectivity index (χ0n) is 16.4. The predicted octanol–water partition coefficient (Wildman–Crippen LogP) is 2.75. The van der Waals surface area contributed by atoms with Crippen molar-refractivity contribution in [3.8, 4) is 0 Å². The summed E-state index contributed by atoms with van der Waals surface area (Å²) in [6.07, 6.45) is 1.28. The first kappa shape index (κ1) is 18.4. The minimum Gasteiger partial charge on any atom is -0.308 e. The highest BCUT2D eigenvalue weighted by Crippen LogP contribution is 2.30. The standard InChI is InChI=1S/C22H23N3O3/c1-4-6-19(26)14-9-10-18-17(13-14)15-7-5-8-16-20(15)25(18)22(28)24(21(16)27)12-11-23(2)3/h5,7-10,13H,4,6,11-12H2,1-3H3. The van der Waals surface area contributed by atoms with Crippen molar-refractivity contribution in [2.24, 2.45) is 0 Å². The number of nitrogens with zero attached hydrogens (tertiary/aromatic N) is 3. The molecule has 0 bridgehead atoms. The van der Waals surface area contributed by atoms with Crippen molar-refractivity contribution < 1.29 is 4.79 Å². The number of Topliss-reactive ketones (excluding diaryl/α,β-unsaturated/α-hetero) is 1. The number of benzene rings is 2. The van der Waals surface area contributed by atoms with Crippen LogP contribution in [0.5, 0.6) is 0 Å². The summed E-state index contributed by atoms with van der Waals surface area (Å²) in [5.74, 6) is 0.0892. The van der Waals surface area contributed by atoms with E-state index in [4.69, 9.17) is 0 Å². The molecule has 2 heterocycles. The van der Waals surface area contributed by atoms with E-state index in [0.29, 0.717) is 36.0 Å². The lowest BCUT2D eigenvalue weighted by atomic mass is 10.0. The SMILES string of the molecule is CCCC(=O)c1ccc2c(c1)c1cccc3c(=O)n(CCN(C)C)c(=O)n2c31. The molecule has 0 unspecified atom stereocenters. The summed E-state index contributed by atoms with van der Waals surface area (Å²) in [6.45, 7) is 2.90. The molecule has 0 aliphatic rings. The minimum atomic E-state index is -0.335. The van der Waals surface area contributed by atoms with Gasteiger partial charge in [0.25, 0.3) is 5.56 Å². The van der Waals surface area contributed by atoms with Crippen LogP contribution in [-0.4, -0.2) is 40.3 Å². The molecule has 2 aromatic heterocycles. The maximum atomic E-state index is 13.2. The lowest BCUT2D eigenvalue weighted by Crippen LogP contribution is -2.39. The number of hydrogen-bond donors (Lipinski definition) is 0. The number of para-hydroxylation sites is 1. The topological polar surface area (TPSA) is 63.8 Å². The number of aromatic nitrogens is 2. The van der Waals surface area contributed by atoms with Gasteiger partial charge in [0.15, 0.2) is 5.78 Å². The van der Waals surface area contributed by atoms with E-state index in [-0.39, 0.29) is 17.0 Å². The van der Waals surface area contributed by atoms with Crippen molar-refractivity contribution in [1.82, 2.24) is 13.9 Å². The number of ketones is 1. The van der Waals surface area contributed by atoms with E-state index in [9.17, 15) is 14.4 Å². The summed E-state index contributed by atoms with van der Waals surface area (Å²) in [5.41, 5.74) is 1.39. The van der Waals surface area contributed by atoms with Crippen molar-refractivity contribution >= 4 is 33.0 Å². The van der Waals surface area contributed by atoms with E-state index in [0.717, 1.165) is 22.7 Å². The summed E-state index contributed by atoms with van der Waals surface area (Å²) < 4.78 is 2.92. The molecule has 144 valence electrons. The van der Waals surface area contributed by atoms with Crippen molar-refractivity contribution in [2.45, 2.75) is 26.3 Å². The van der Waals surface area contributed by atoms with E-state index in [1.54, 1.807) is 16.5 Å². The Kier molecular flexibility index (Phi) is 4.51. The lowest BCUT2D eigenvalue weighted by Gasteiger charge is -2.12. The summed E-state index contributed by atoms with van der Waals surface area (Å²) >= 11 is 0. The third-order valence-electron chi connectivity index (χ3n) is 5.25. The third-order valence-corrected chi connectivity index (χ3v) is 5.25. The molecule has 6 heteroatoms. The number of carbonyl (C=O) groups is 1. The van der Waals surface area contributed by atoms with Gasteiger partial charge >= 0.3 is 5.69 Å². The first-order chi connectivity index (χ1) is 13.4. The average Bonchev–Trinajstić information content (AvgIpc) is 3.01. The number of likely N-dealkylation sites (N-methyl/N-ethyl adjacent to an activating group) is 1. The second-order valence-electron chi connectivity index (χ2n) is 7.48. The highest BCUT2D eigenvalue weighted by atomic mass is 16.2. The normalized spacial score (nSPS) is 12.0. The Morgan fingerprint density at radius 3 is 2.50 bits per heavy atom. The molecule has 6 nitrogen and oxygen atoms in total. The van der Waals surface area contributed by atoms with Crippen LogP contribution in [0.25, 0.3) is 27.2 Å². The summed E-state index contributed by atoms with van der Waals surface area (Å²) in [6, 6.07) is 10.9. The van der Waals surface area contributed by atoms with Crippen molar-refractivity contribution in [3.05, 3.63) is 62.8 Å². The largest absolute Gasteiger partial charge is 0.336 e. The molecule has 0 saturated heterocycles. The van der Waals surface area contributed by atoms with Crippen molar-refractivity contribution in [1.29, 1.82) is 0 Å². The predicted molar refractivity (Wildman–Crippen MR) is 112 cm³/mol. The van der Waals surface area contributed by atoms with Crippen molar-refractivity contribution in [2.75, 3.05) is 20.6 Å². The Labute approximate surface area is 161 Å². The minimum absolute atomic E-state index is 0.0892. The van der Waals surface area contributed by atoms with Crippen LogP contribution in [-0.2, 0) is 6.54 Å². The lowest BCUT2D eigenvalue weighted by molar-refractivity contribution is 0.0982. The smallest absolute Gasteiger partial charge is 0.308 e. The highest BCUT2D eigenvalue weighted by Gasteiger charge is 2.19. The van der Waals surface area contributed by atoms with Crippen molar-refractivity contribution in [3.63, 3.8) is 0 Å². The fourth-order valence-corrected chi connectivity index (χ4v) is 3.84. The first-order valence-electron chi connectivity index (χ1n) is 9.55. The van der Waals surface area contributed by atoms with Crippen LogP contribution in [0.4, 0.5) is 0 Å². The molecule has 0 amide bonds. The summed E-state index contributed by atoms with van der Waals surface area (Å²) in [5, 5.41) is 2.18. The Hall–Kier alpha value is -2.99. The Bertz CT molecular complexity index is 1310. The van der Waals surface area contributed by atoms with Gasteiger partial charge in [0, 0.05) is 35.8 Å². The van der Waals surface area contributed by atoms with Gasteiger partial charge in [-0.2, -0.15) is 0 Å². The second-order valence-corrected chi connectivity index (χ2v) is 7.48. The second kappa shape index (κ2) is 6.87. The van der Waals surface area contributed by atoms with Gasteiger partial charge in [0.2, 0.25) is 0 Å². The molecule has 0 spiro atoms. The maximum Gasteiger partial charge on any atom is 0.336 e. The van der Waals surface area contributed by atoms with Gasteiger partial charge in [-0.05, 0) is 44.8 Å². The molecule has 4 rings (SSSR count). The van der Waals surface area contributed by atoms with Crippen LogP contribution in [0, 0.1) is 0 Å². The van der Waals surface area contributed by atoms with E-state index in [1.165, 1.54) is 4.57 Å². The van der Waals surface area contributed by atoms with E-state index in [1.807, 2.05) is 50.2 Å². The number of hydrogen-bond acceptors (Lipinski definition) is 4. The molecular formula is C22H23N3O3. The first-order valence-corrected chi connectivity index (χ1v) is 9.55. The van der Waals surface area contributed by atoms with Gasteiger partial charge in [-0.1, -0.05) is 19.1 Å². The number of carbonyl (C=O) groups excluding carboxylic acids is 1. The molecule has 0 aliphatic heterocycles. The highest BCUT2D eigenvalue weighted by molar-refractivity contribution is 6.15. The molecule has 0 radical (unpaired) electrons. The summed E-state index contributed by atoms with van der Waals surface area (Å²) in [7, 11) is 3.82. The van der Waals surface area contributed by atoms with E-state index < -0.39 is 0 Å². The van der Waals surface area contributed by atoms with Crippen LogP contribution >= 0.6 is 0 Å². The Balaban J connectivity index is 2.08.